The van der Waals surface area contributed by atoms with E-state index in [9.17, 15) is 4.79 Å². The van der Waals surface area contributed by atoms with E-state index in [1.54, 1.807) is 0 Å². The van der Waals surface area contributed by atoms with E-state index in [0.29, 0.717) is 32.0 Å². The van der Waals surface area contributed by atoms with E-state index in [2.05, 4.69) is 18.2 Å². The van der Waals surface area contributed by atoms with Gasteiger partial charge in [-0.3, -0.25) is 4.79 Å². The molecule has 1 aliphatic heterocycles. The Hall–Kier alpha value is -1.19. The Balaban J connectivity index is 1.74. The minimum absolute atomic E-state index is 0.293. The molecule has 20 heavy (non-hydrogen) atoms. The number of benzene rings is 1. The number of ether oxygens (including phenoxy) is 1. The number of ketones is 1. The molecule has 3 nitrogen and oxygen atoms in total. The Labute approximate surface area is 120 Å². The fourth-order valence-corrected chi connectivity index (χ4v) is 3.47. The van der Waals surface area contributed by atoms with Crippen molar-refractivity contribution in [3.63, 3.8) is 0 Å². The van der Waals surface area contributed by atoms with E-state index >= 15 is 0 Å². The van der Waals surface area contributed by atoms with Crippen LogP contribution in [-0.4, -0.2) is 25.5 Å². The number of fused-ring (bicyclic) bond motifs is 1. The van der Waals surface area contributed by atoms with Gasteiger partial charge in [-0.15, -0.1) is 0 Å². The number of aryl methyl sites for hydroxylation is 2. The average Bonchev–Trinajstić information content (AvgIpc) is 2.95. The molecule has 0 atom stereocenters. The summed E-state index contributed by atoms with van der Waals surface area (Å²) in [6, 6.07) is 6.54. The van der Waals surface area contributed by atoms with E-state index in [4.69, 9.17) is 10.5 Å². The minimum atomic E-state index is -0.350. The standard InChI is InChI=1S/C17H23NO2/c18-12-17(6-8-20-9-7-17)16(19)11-13-4-5-14-2-1-3-15(14)10-13/h4-5,10H,1-3,6-9,11-12,18H2. The summed E-state index contributed by atoms with van der Waals surface area (Å²) in [5.41, 5.74) is 9.60. The Bertz CT molecular complexity index is 504. The molecule has 1 heterocycles. The summed E-state index contributed by atoms with van der Waals surface area (Å²) in [5, 5.41) is 0. The first kappa shape index (κ1) is 13.8. The van der Waals surface area contributed by atoms with Crippen molar-refractivity contribution in [2.45, 2.75) is 38.5 Å². The highest BCUT2D eigenvalue weighted by atomic mass is 16.5. The van der Waals surface area contributed by atoms with Crippen LogP contribution in [0.5, 0.6) is 0 Å². The average molecular weight is 273 g/mol. The van der Waals surface area contributed by atoms with Crippen LogP contribution in [0.4, 0.5) is 0 Å². The predicted octanol–water partition coefficient (Wildman–Crippen LogP) is 2.04. The Morgan fingerprint density at radius 3 is 2.70 bits per heavy atom. The molecule has 0 aromatic heterocycles. The van der Waals surface area contributed by atoms with E-state index in [0.717, 1.165) is 24.8 Å². The summed E-state index contributed by atoms with van der Waals surface area (Å²) in [5.74, 6) is 0.293. The molecule has 0 spiro atoms. The van der Waals surface area contributed by atoms with Crippen LogP contribution < -0.4 is 5.73 Å². The van der Waals surface area contributed by atoms with Crippen molar-refractivity contribution >= 4 is 5.78 Å². The summed E-state index contributed by atoms with van der Waals surface area (Å²) in [6.45, 7) is 1.76. The maximum atomic E-state index is 12.7. The molecule has 3 heteroatoms. The molecule has 2 aliphatic rings. The van der Waals surface area contributed by atoms with Crippen LogP contribution in [-0.2, 0) is 28.8 Å². The summed E-state index contributed by atoms with van der Waals surface area (Å²) in [6.07, 6.45) is 5.66. The van der Waals surface area contributed by atoms with E-state index < -0.39 is 0 Å². The highest BCUT2D eigenvalue weighted by molar-refractivity contribution is 5.87. The molecule has 108 valence electrons. The van der Waals surface area contributed by atoms with Gasteiger partial charge < -0.3 is 10.5 Å². The number of Topliss-reactive ketones (excluding diaryl/α,β-unsaturated/α-hetero) is 1. The zero-order chi connectivity index (χ0) is 14.0. The summed E-state index contributed by atoms with van der Waals surface area (Å²) in [7, 11) is 0. The minimum Gasteiger partial charge on any atom is -0.381 e. The fraction of sp³-hybridized carbons (Fsp3) is 0.588. The van der Waals surface area contributed by atoms with Gasteiger partial charge in [0.25, 0.3) is 0 Å². The molecule has 1 fully saturated rings. The first-order valence-corrected chi connectivity index (χ1v) is 7.65. The normalized spacial score (nSPS) is 20.6. The monoisotopic (exact) mass is 273 g/mol. The van der Waals surface area contributed by atoms with Crippen LogP contribution in [0.15, 0.2) is 18.2 Å². The zero-order valence-electron chi connectivity index (χ0n) is 12.0. The maximum Gasteiger partial charge on any atom is 0.144 e. The Morgan fingerprint density at radius 1 is 1.20 bits per heavy atom. The fourth-order valence-electron chi connectivity index (χ4n) is 3.47. The van der Waals surface area contributed by atoms with Crippen molar-refractivity contribution in [3.05, 3.63) is 34.9 Å². The van der Waals surface area contributed by atoms with Crippen molar-refractivity contribution in [1.82, 2.24) is 0 Å². The zero-order valence-corrected chi connectivity index (χ0v) is 12.0. The second kappa shape index (κ2) is 5.66. The van der Waals surface area contributed by atoms with Crippen LogP contribution >= 0.6 is 0 Å². The van der Waals surface area contributed by atoms with E-state index in [1.165, 1.54) is 24.0 Å². The lowest BCUT2D eigenvalue weighted by atomic mass is 9.74. The number of hydrogen-bond donors (Lipinski definition) is 1. The molecule has 0 unspecified atom stereocenters. The van der Waals surface area contributed by atoms with Gasteiger partial charge in [-0.1, -0.05) is 18.2 Å². The van der Waals surface area contributed by atoms with Gasteiger partial charge in [0.2, 0.25) is 0 Å². The predicted molar refractivity (Wildman–Crippen MR) is 78.7 cm³/mol. The van der Waals surface area contributed by atoms with Crippen LogP contribution in [0.2, 0.25) is 0 Å². The largest absolute Gasteiger partial charge is 0.381 e. The van der Waals surface area contributed by atoms with Crippen LogP contribution in [0.3, 0.4) is 0 Å². The van der Waals surface area contributed by atoms with E-state index in [-0.39, 0.29) is 5.41 Å². The summed E-state index contributed by atoms with van der Waals surface area (Å²) in [4.78, 5) is 12.7. The highest BCUT2D eigenvalue weighted by Crippen LogP contribution is 2.32. The number of carbonyl (C=O) groups is 1. The Kier molecular flexibility index (Phi) is 3.90. The van der Waals surface area contributed by atoms with Crippen molar-refractivity contribution in [3.8, 4) is 0 Å². The molecule has 0 amide bonds. The van der Waals surface area contributed by atoms with Gasteiger partial charge in [0.1, 0.15) is 5.78 Å². The SMILES string of the molecule is NCC1(C(=O)Cc2ccc3c(c2)CCC3)CCOCC1. The number of carbonyl (C=O) groups excluding carboxylic acids is 1. The van der Waals surface area contributed by atoms with Gasteiger partial charge in [-0.2, -0.15) is 0 Å². The molecule has 1 aromatic rings. The molecule has 3 rings (SSSR count). The highest BCUT2D eigenvalue weighted by Gasteiger charge is 2.38. The van der Waals surface area contributed by atoms with Crippen molar-refractivity contribution in [2.24, 2.45) is 11.1 Å². The second-order valence-electron chi connectivity index (χ2n) is 6.15. The second-order valence-corrected chi connectivity index (χ2v) is 6.15. The van der Waals surface area contributed by atoms with Gasteiger partial charge in [0.15, 0.2) is 0 Å². The van der Waals surface area contributed by atoms with Crippen molar-refractivity contribution < 1.29 is 9.53 Å². The third-order valence-corrected chi connectivity index (χ3v) is 4.96. The molecule has 0 bridgehead atoms. The summed E-state index contributed by atoms with van der Waals surface area (Å²) >= 11 is 0. The molecule has 0 radical (unpaired) electrons. The lowest BCUT2D eigenvalue weighted by Gasteiger charge is -2.34. The molecular weight excluding hydrogens is 250 g/mol. The third-order valence-electron chi connectivity index (χ3n) is 4.96. The lowest BCUT2D eigenvalue weighted by molar-refractivity contribution is -0.132. The van der Waals surface area contributed by atoms with E-state index in [1.807, 2.05) is 0 Å². The molecule has 2 N–H and O–H groups in total. The Morgan fingerprint density at radius 2 is 1.95 bits per heavy atom. The van der Waals surface area contributed by atoms with Gasteiger partial charge >= 0.3 is 0 Å². The summed E-state index contributed by atoms with van der Waals surface area (Å²) < 4.78 is 5.38. The smallest absolute Gasteiger partial charge is 0.144 e. The third kappa shape index (κ3) is 2.52. The first-order valence-electron chi connectivity index (χ1n) is 7.65. The molecule has 1 saturated heterocycles. The van der Waals surface area contributed by atoms with Gasteiger partial charge in [0.05, 0.1) is 0 Å². The maximum absolute atomic E-state index is 12.7. The van der Waals surface area contributed by atoms with Gasteiger partial charge in [0, 0.05) is 31.6 Å². The van der Waals surface area contributed by atoms with Gasteiger partial charge in [-0.25, -0.2) is 0 Å². The molecule has 0 saturated carbocycles. The first-order chi connectivity index (χ1) is 9.73. The molecule has 1 aromatic carbocycles. The van der Waals surface area contributed by atoms with Crippen molar-refractivity contribution in [2.75, 3.05) is 19.8 Å². The quantitative estimate of drug-likeness (QED) is 0.913. The van der Waals surface area contributed by atoms with Crippen molar-refractivity contribution in [1.29, 1.82) is 0 Å². The number of hydrogen-bond acceptors (Lipinski definition) is 3. The number of nitrogens with two attached hydrogens (primary N) is 1. The molecular formula is C17H23NO2. The van der Waals surface area contributed by atoms with Gasteiger partial charge in [-0.05, 0) is 48.8 Å². The molecule has 1 aliphatic carbocycles. The van der Waals surface area contributed by atoms with Crippen LogP contribution in [0.1, 0.15) is 36.0 Å². The van der Waals surface area contributed by atoms with Crippen LogP contribution in [0.25, 0.3) is 0 Å². The van der Waals surface area contributed by atoms with Crippen LogP contribution in [0, 0.1) is 5.41 Å². The lowest BCUT2D eigenvalue weighted by Crippen LogP contribution is -2.44. The topological polar surface area (TPSA) is 52.3 Å². The number of rotatable bonds is 4.